The lowest BCUT2D eigenvalue weighted by Crippen LogP contribution is -2.42. The first-order valence-electron chi connectivity index (χ1n) is 5.05. The van der Waals surface area contributed by atoms with E-state index < -0.39 is 0 Å². The van der Waals surface area contributed by atoms with Gasteiger partial charge in [0.2, 0.25) is 0 Å². The van der Waals surface area contributed by atoms with Gasteiger partial charge in [0.15, 0.2) is 0 Å². The molecule has 0 aliphatic carbocycles. The Hall–Kier alpha value is -0.690. The number of hydrogen-bond acceptors (Lipinski definition) is 1. The summed E-state index contributed by atoms with van der Waals surface area (Å²) >= 11 is 5.97. The third kappa shape index (κ3) is 1.61. The lowest BCUT2D eigenvalue weighted by molar-refractivity contribution is 0.362. The average molecular weight is 210 g/mol. The van der Waals surface area contributed by atoms with E-state index in [9.17, 15) is 0 Å². The van der Waals surface area contributed by atoms with E-state index in [1.54, 1.807) is 0 Å². The van der Waals surface area contributed by atoms with Crippen LogP contribution in [-0.4, -0.2) is 5.54 Å². The Balaban J connectivity index is 2.41. The Morgan fingerprint density at radius 2 is 2.14 bits per heavy atom. The molecule has 76 valence electrons. The van der Waals surface area contributed by atoms with Gasteiger partial charge in [-0.2, -0.15) is 0 Å². The van der Waals surface area contributed by atoms with Gasteiger partial charge in [0.1, 0.15) is 0 Å². The largest absolute Gasteiger partial charge is 0.380 e. The Labute approximate surface area is 90.5 Å². The van der Waals surface area contributed by atoms with Crippen molar-refractivity contribution in [1.82, 2.24) is 0 Å². The van der Waals surface area contributed by atoms with Crippen molar-refractivity contribution in [3.8, 4) is 0 Å². The SMILES string of the molecule is CC1Cc2cc(Cl)ccc2NC1(C)C. The van der Waals surface area contributed by atoms with Gasteiger partial charge in [-0.3, -0.25) is 0 Å². The number of halogens is 1. The van der Waals surface area contributed by atoms with E-state index in [1.165, 1.54) is 11.3 Å². The molecule has 1 aliphatic heterocycles. The van der Waals surface area contributed by atoms with Gasteiger partial charge in [-0.05, 0) is 49.9 Å². The number of anilines is 1. The molecule has 1 aromatic rings. The molecule has 1 nitrogen and oxygen atoms in total. The molecule has 0 bridgehead atoms. The van der Waals surface area contributed by atoms with Crippen LogP contribution in [0.4, 0.5) is 5.69 Å². The van der Waals surface area contributed by atoms with Crippen LogP contribution in [0.25, 0.3) is 0 Å². The molecule has 1 atom stereocenters. The van der Waals surface area contributed by atoms with Crippen molar-refractivity contribution in [1.29, 1.82) is 0 Å². The minimum absolute atomic E-state index is 0.181. The minimum Gasteiger partial charge on any atom is -0.380 e. The maximum atomic E-state index is 5.97. The summed E-state index contributed by atoms with van der Waals surface area (Å²) in [5.41, 5.74) is 2.75. The third-order valence-electron chi connectivity index (χ3n) is 3.28. The molecule has 0 saturated heterocycles. The van der Waals surface area contributed by atoms with Crippen molar-refractivity contribution in [3.63, 3.8) is 0 Å². The molecule has 1 unspecified atom stereocenters. The summed E-state index contributed by atoms with van der Waals surface area (Å²) in [5.74, 6) is 0.633. The second-order valence-corrected chi connectivity index (χ2v) is 5.19. The van der Waals surface area contributed by atoms with Crippen molar-refractivity contribution in [2.45, 2.75) is 32.7 Å². The van der Waals surface area contributed by atoms with Crippen LogP contribution in [0.5, 0.6) is 0 Å². The van der Waals surface area contributed by atoms with E-state index in [2.05, 4.69) is 38.2 Å². The summed E-state index contributed by atoms with van der Waals surface area (Å²) in [4.78, 5) is 0. The van der Waals surface area contributed by atoms with Crippen molar-refractivity contribution < 1.29 is 0 Å². The molecule has 0 fully saturated rings. The lowest BCUT2D eigenvalue weighted by Gasteiger charge is -2.39. The van der Waals surface area contributed by atoms with Gasteiger partial charge in [0.25, 0.3) is 0 Å². The highest BCUT2D eigenvalue weighted by Gasteiger charge is 2.31. The van der Waals surface area contributed by atoms with E-state index >= 15 is 0 Å². The Kier molecular flexibility index (Phi) is 2.23. The first-order valence-corrected chi connectivity index (χ1v) is 5.43. The number of fused-ring (bicyclic) bond motifs is 1. The summed E-state index contributed by atoms with van der Waals surface area (Å²) < 4.78 is 0. The molecule has 2 heteroatoms. The zero-order valence-corrected chi connectivity index (χ0v) is 9.65. The van der Waals surface area contributed by atoms with Crippen molar-refractivity contribution in [3.05, 3.63) is 28.8 Å². The summed E-state index contributed by atoms with van der Waals surface area (Å²) in [5, 5.41) is 4.39. The quantitative estimate of drug-likeness (QED) is 0.687. The van der Waals surface area contributed by atoms with E-state index in [1.807, 2.05) is 6.07 Å². The van der Waals surface area contributed by atoms with Gasteiger partial charge in [-0.25, -0.2) is 0 Å². The highest BCUT2D eigenvalue weighted by molar-refractivity contribution is 6.30. The average Bonchev–Trinajstić information content (AvgIpc) is 2.08. The molecular formula is C12H16ClN. The highest BCUT2D eigenvalue weighted by Crippen LogP contribution is 2.35. The molecule has 1 heterocycles. The maximum Gasteiger partial charge on any atom is 0.0410 e. The van der Waals surface area contributed by atoms with Gasteiger partial charge in [-0.15, -0.1) is 0 Å². The van der Waals surface area contributed by atoms with Gasteiger partial charge in [0.05, 0.1) is 0 Å². The molecule has 1 aliphatic rings. The van der Waals surface area contributed by atoms with Crippen LogP contribution >= 0.6 is 11.6 Å². The molecule has 0 saturated carbocycles. The van der Waals surface area contributed by atoms with Crippen LogP contribution in [0, 0.1) is 5.92 Å². The second-order valence-electron chi connectivity index (χ2n) is 4.75. The van der Waals surface area contributed by atoms with Gasteiger partial charge in [0, 0.05) is 16.2 Å². The minimum atomic E-state index is 0.181. The fraction of sp³-hybridized carbons (Fsp3) is 0.500. The highest BCUT2D eigenvalue weighted by atomic mass is 35.5. The number of nitrogens with one attached hydrogen (secondary N) is 1. The number of benzene rings is 1. The Morgan fingerprint density at radius 3 is 2.86 bits per heavy atom. The van der Waals surface area contributed by atoms with Gasteiger partial charge < -0.3 is 5.32 Å². The first-order chi connectivity index (χ1) is 6.49. The zero-order valence-electron chi connectivity index (χ0n) is 8.89. The topological polar surface area (TPSA) is 12.0 Å². The third-order valence-corrected chi connectivity index (χ3v) is 3.52. The number of rotatable bonds is 0. The van der Waals surface area contributed by atoms with E-state index in [-0.39, 0.29) is 5.54 Å². The molecule has 2 rings (SSSR count). The monoisotopic (exact) mass is 209 g/mol. The van der Waals surface area contributed by atoms with Gasteiger partial charge in [-0.1, -0.05) is 18.5 Å². The fourth-order valence-electron chi connectivity index (χ4n) is 1.91. The summed E-state index contributed by atoms with van der Waals surface area (Å²) in [7, 11) is 0. The number of hydrogen-bond donors (Lipinski definition) is 1. The predicted molar refractivity (Wildman–Crippen MR) is 62.0 cm³/mol. The smallest absolute Gasteiger partial charge is 0.0410 e. The van der Waals surface area contributed by atoms with Crippen LogP contribution in [0.3, 0.4) is 0 Å². The summed E-state index contributed by atoms with van der Waals surface area (Å²) in [6, 6.07) is 6.08. The molecule has 1 N–H and O–H groups in total. The van der Waals surface area contributed by atoms with Crippen molar-refractivity contribution in [2.24, 2.45) is 5.92 Å². The molecule has 0 spiro atoms. The molecule has 14 heavy (non-hydrogen) atoms. The summed E-state index contributed by atoms with van der Waals surface area (Å²) in [6.45, 7) is 6.77. The fourth-order valence-corrected chi connectivity index (χ4v) is 2.10. The lowest BCUT2D eigenvalue weighted by atomic mass is 9.80. The second kappa shape index (κ2) is 3.16. The predicted octanol–water partition coefficient (Wildman–Crippen LogP) is 3.72. The van der Waals surface area contributed by atoms with Crippen LogP contribution in [0.1, 0.15) is 26.3 Å². The molecule has 0 amide bonds. The van der Waals surface area contributed by atoms with Crippen LogP contribution < -0.4 is 5.32 Å². The van der Waals surface area contributed by atoms with Gasteiger partial charge >= 0.3 is 0 Å². The normalized spacial score (nSPS) is 23.9. The molecule has 0 radical (unpaired) electrons. The first kappa shape index (κ1) is 9.85. The maximum absolute atomic E-state index is 5.97. The molecular weight excluding hydrogens is 194 g/mol. The van der Waals surface area contributed by atoms with Crippen LogP contribution in [0.15, 0.2) is 18.2 Å². The van der Waals surface area contributed by atoms with E-state index in [0.717, 1.165) is 11.4 Å². The van der Waals surface area contributed by atoms with Crippen LogP contribution in [-0.2, 0) is 6.42 Å². The molecule has 1 aromatic carbocycles. The Bertz CT molecular complexity index is 357. The standard InChI is InChI=1S/C12H16ClN/c1-8-6-9-7-10(13)4-5-11(9)14-12(8,2)3/h4-5,7-8,14H,6H2,1-3H3. The van der Waals surface area contributed by atoms with E-state index in [0.29, 0.717) is 5.92 Å². The Morgan fingerprint density at radius 1 is 1.43 bits per heavy atom. The molecule has 0 aromatic heterocycles. The van der Waals surface area contributed by atoms with Crippen molar-refractivity contribution in [2.75, 3.05) is 5.32 Å². The van der Waals surface area contributed by atoms with Crippen LogP contribution in [0.2, 0.25) is 5.02 Å². The zero-order chi connectivity index (χ0) is 10.3. The van der Waals surface area contributed by atoms with E-state index in [4.69, 9.17) is 11.6 Å². The summed E-state index contributed by atoms with van der Waals surface area (Å²) in [6.07, 6.45) is 1.11. The van der Waals surface area contributed by atoms with Crippen molar-refractivity contribution >= 4 is 17.3 Å².